The fourth-order valence-electron chi connectivity index (χ4n) is 2.72. The van der Waals surface area contributed by atoms with Gasteiger partial charge < -0.3 is 5.32 Å². The molecule has 0 bridgehead atoms. The van der Waals surface area contributed by atoms with Crippen molar-refractivity contribution in [3.63, 3.8) is 0 Å². The Labute approximate surface area is 113 Å². The molecule has 0 radical (unpaired) electrons. The maximum absolute atomic E-state index is 13.2. The Morgan fingerprint density at radius 2 is 2.11 bits per heavy atom. The van der Waals surface area contributed by atoms with E-state index in [1.165, 1.54) is 12.1 Å². The Bertz CT molecular complexity index is 423. The van der Waals surface area contributed by atoms with Crippen LogP contribution < -0.4 is 5.32 Å². The van der Waals surface area contributed by atoms with Gasteiger partial charge in [0, 0.05) is 31.7 Å². The van der Waals surface area contributed by atoms with E-state index in [0.717, 1.165) is 31.5 Å². The second-order valence-electron chi connectivity index (χ2n) is 5.43. The first kappa shape index (κ1) is 14.4. The van der Waals surface area contributed by atoms with E-state index >= 15 is 0 Å². The third-order valence-corrected chi connectivity index (χ3v) is 3.72. The van der Waals surface area contributed by atoms with E-state index in [-0.39, 0.29) is 0 Å². The van der Waals surface area contributed by atoms with Crippen LogP contribution >= 0.6 is 0 Å². The molecule has 1 heterocycles. The van der Waals surface area contributed by atoms with Gasteiger partial charge in [-0.15, -0.1) is 0 Å². The number of halogens is 2. The minimum absolute atomic E-state index is 0.443. The maximum Gasteiger partial charge on any atom is 0.159 e. The molecule has 0 amide bonds. The number of nitrogens with one attached hydrogen (secondary N) is 1. The molecule has 1 aliphatic rings. The number of rotatable bonds is 4. The predicted octanol–water partition coefficient (Wildman–Crippen LogP) is 2.93. The topological polar surface area (TPSA) is 15.3 Å². The molecule has 2 atom stereocenters. The highest BCUT2D eigenvalue weighted by atomic mass is 19.2. The lowest BCUT2D eigenvalue weighted by Crippen LogP contribution is -2.54. The van der Waals surface area contributed by atoms with Crippen LogP contribution in [0.5, 0.6) is 0 Å². The van der Waals surface area contributed by atoms with E-state index in [0.29, 0.717) is 18.6 Å². The molecule has 1 saturated heterocycles. The third kappa shape index (κ3) is 3.74. The van der Waals surface area contributed by atoms with E-state index in [1.54, 1.807) is 6.07 Å². The van der Waals surface area contributed by atoms with Crippen LogP contribution in [0.15, 0.2) is 18.2 Å². The molecule has 2 nitrogen and oxygen atoms in total. The number of hydrogen-bond acceptors (Lipinski definition) is 2. The lowest BCUT2D eigenvalue weighted by molar-refractivity contribution is 0.120. The van der Waals surface area contributed by atoms with Gasteiger partial charge in [0.15, 0.2) is 11.6 Å². The highest BCUT2D eigenvalue weighted by Crippen LogP contribution is 2.17. The van der Waals surface area contributed by atoms with Gasteiger partial charge in [-0.1, -0.05) is 19.4 Å². The smallest absolute Gasteiger partial charge is 0.159 e. The summed E-state index contributed by atoms with van der Waals surface area (Å²) in [6.07, 6.45) is 2.26. The number of benzene rings is 1. The summed E-state index contributed by atoms with van der Waals surface area (Å²) in [5.74, 6) is -1.53. The average molecular weight is 268 g/mol. The molecule has 1 N–H and O–H groups in total. The molecule has 106 valence electrons. The predicted molar refractivity (Wildman–Crippen MR) is 72.9 cm³/mol. The SMILES string of the molecule is CCCC1CNC(C)CN1Cc1ccc(F)c(F)c1. The molecule has 4 heteroatoms. The minimum Gasteiger partial charge on any atom is -0.311 e. The van der Waals surface area contributed by atoms with Gasteiger partial charge >= 0.3 is 0 Å². The summed E-state index contributed by atoms with van der Waals surface area (Å²) in [6.45, 7) is 6.93. The zero-order valence-electron chi connectivity index (χ0n) is 11.6. The molecule has 1 aromatic carbocycles. The maximum atomic E-state index is 13.2. The summed E-state index contributed by atoms with van der Waals surface area (Å²) in [5, 5.41) is 3.48. The van der Waals surface area contributed by atoms with Crippen LogP contribution in [0.4, 0.5) is 8.78 Å². The van der Waals surface area contributed by atoms with Crippen LogP contribution in [0.1, 0.15) is 32.3 Å². The summed E-state index contributed by atoms with van der Waals surface area (Å²) < 4.78 is 26.2. The second kappa shape index (κ2) is 6.44. The summed E-state index contributed by atoms with van der Waals surface area (Å²) >= 11 is 0. The molecule has 0 saturated carbocycles. The quantitative estimate of drug-likeness (QED) is 0.903. The lowest BCUT2D eigenvalue weighted by atomic mass is 10.0. The van der Waals surface area contributed by atoms with Gasteiger partial charge in [-0.2, -0.15) is 0 Å². The first-order valence-corrected chi connectivity index (χ1v) is 7.01. The average Bonchev–Trinajstić information content (AvgIpc) is 2.37. The van der Waals surface area contributed by atoms with Crippen molar-refractivity contribution < 1.29 is 8.78 Å². The van der Waals surface area contributed by atoms with Crippen LogP contribution in [0.25, 0.3) is 0 Å². The minimum atomic E-state index is -0.775. The van der Waals surface area contributed by atoms with Gasteiger partial charge in [0.1, 0.15) is 0 Å². The summed E-state index contributed by atoms with van der Waals surface area (Å²) in [5.41, 5.74) is 0.842. The second-order valence-corrected chi connectivity index (χ2v) is 5.43. The standard InChI is InChI=1S/C15H22F2N2/c1-3-4-13-8-18-11(2)9-19(13)10-12-5-6-14(16)15(17)7-12/h5-7,11,13,18H,3-4,8-10H2,1-2H3. The molecule has 2 unspecified atom stereocenters. The molecular formula is C15H22F2N2. The molecular weight excluding hydrogens is 246 g/mol. The van der Waals surface area contributed by atoms with Crippen LogP contribution in [-0.4, -0.2) is 30.1 Å². The van der Waals surface area contributed by atoms with Gasteiger partial charge in [-0.05, 0) is 31.0 Å². The van der Waals surface area contributed by atoms with Gasteiger partial charge in [-0.25, -0.2) is 8.78 Å². The molecule has 0 aromatic heterocycles. The molecule has 19 heavy (non-hydrogen) atoms. The first-order chi connectivity index (χ1) is 9.10. The monoisotopic (exact) mass is 268 g/mol. The van der Waals surface area contributed by atoms with Crippen molar-refractivity contribution in [2.75, 3.05) is 13.1 Å². The van der Waals surface area contributed by atoms with Crippen molar-refractivity contribution in [2.45, 2.75) is 45.3 Å². The van der Waals surface area contributed by atoms with Gasteiger partial charge in [0.25, 0.3) is 0 Å². The molecule has 1 fully saturated rings. The van der Waals surface area contributed by atoms with Gasteiger partial charge in [0.05, 0.1) is 0 Å². The van der Waals surface area contributed by atoms with Crippen LogP contribution in [-0.2, 0) is 6.54 Å². The molecule has 1 aliphatic heterocycles. The Balaban J connectivity index is 2.07. The van der Waals surface area contributed by atoms with E-state index < -0.39 is 11.6 Å². The number of nitrogens with zero attached hydrogens (tertiary/aromatic N) is 1. The van der Waals surface area contributed by atoms with Crippen LogP contribution in [0, 0.1) is 11.6 Å². The van der Waals surface area contributed by atoms with E-state index in [4.69, 9.17) is 0 Å². The Hall–Kier alpha value is -1.00. The van der Waals surface area contributed by atoms with E-state index in [9.17, 15) is 8.78 Å². The number of piperazine rings is 1. The summed E-state index contributed by atoms with van der Waals surface area (Å²) in [6, 6.07) is 5.12. The lowest BCUT2D eigenvalue weighted by Gasteiger charge is -2.39. The third-order valence-electron chi connectivity index (χ3n) is 3.72. The summed E-state index contributed by atoms with van der Waals surface area (Å²) in [7, 11) is 0. The van der Waals surface area contributed by atoms with Gasteiger partial charge in [0.2, 0.25) is 0 Å². The van der Waals surface area contributed by atoms with Crippen molar-refractivity contribution in [3.8, 4) is 0 Å². The fourth-order valence-corrected chi connectivity index (χ4v) is 2.72. The van der Waals surface area contributed by atoms with Crippen LogP contribution in [0.2, 0.25) is 0 Å². The molecule has 2 rings (SSSR count). The molecule has 1 aromatic rings. The Morgan fingerprint density at radius 3 is 2.79 bits per heavy atom. The highest BCUT2D eigenvalue weighted by Gasteiger charge is 2.25. The van der Waals surface area contributed by atoms with E-state index in [1.807, 2.05) is 0 Å². The zero-order valence-corrected chi connectivity index (χ0v) is 11.6. The van der Waals surface area contributed by atoms with Crippen molar-refractivity contribution >= 4 is 0 Å². The Morgan fingerprint density at radius 1 is 1.32 bits per heavy atom. The zero-order chi connectivity index (χ0) is 13.8. The normalized spacial score (nSPS) is 24.6. The van der Waals surface area contributed by atoms with Crippen molar-refractivity contribution in [3.05, 3.63) is 35.4 Å². The van der Waals surface area contributed by atoms with Crippen molar-refractivity contribution in [2.24, 2.45) is 0 Å². The highest BCUT2D eigenvalue weighted by molar-refractivity contribution is 5.18. The first-order valence-electron chi connectivity index (χ1n) is 7.01. The number of hydrogen-bond donors (Lipinski definition) is 1. The fraction of sp³-hybridized carbons (Fsp3) is 0.600. The largest absolute Gasteiger partial charge is 0.311 e. The van der Waals surface area contributed by atoms with Crippen LogP contribution in [0.3, 0.4) is 0 Å². The summed E-state index contributed by atoms with van der Waals surface area (Å²) in [4.78, 5) is 2.37. The van der Waals surface area contributed by atoms with E-state index in [2.05, 4.69) is 24.1 Å². The Kier molecular flexibility index (Phi) is 4.88. The van der Waals surface area contributed by atoms with Crippen molar-refractivity contribution in [1.29, 1.82) is 0 Å². The van der Waals surface area contributed by atoms with Crippen molar-refractivity contribution in [1.82, 2.24) is 10.2 Å². The van der Waals surface area contributed by atoms with Gasteiger partial charge in [-0.3, -0.25) is 4.90 Å². The molecule has 0 aliphatic carbocycles. The molecule has 0 spiro atoms.